The fourth-order valence-electron chi connectivity index (χ4n) is 3.45. The highest BCUT2D eigenvalue weighted by atomic mass is 32.1. The van der Waals surface area contributed by atoms with Gasteiger partial charge in [0.1, 0.15) is 5.01 Å². The van der Waals surface area contributed by atoms with Crippen LogP contribution in [0.4, 0.5) is 14.5 Å². The summed E-state index contributed by atoms with van der Waals surface area (Å²) in [6, 6.07) is 11.5. The van der Waals surface area contributed by atoms with E-state index < -0.39 is 11.6 Å². The van der Waals surface area contributed by atoms with Gasteiger partial charge in [0.25, 0.3) is 0 Å². The maximum atomic E-state index is 13.3. The second-order valence-electron chi connectivity index (χ2n) is 6.68. The van der Waals surface area contributed by atoms with Gasteiger partial charge in [-0.05, 0) is 43.7 Å². The fraction of sp³-hybridized carbons (Fsp3) is 0.300. The van der Waals surface area contributed by atoms with Crippen molar-refractivity contribution in [1.29, 1.82) is 0 Å². The quantitative estimate of drug-likeness (QED) is 0.703. The van der Waals surface area contributed by atoms with Crippen LogP contribution in [-0.4, -0.2) is 28.9 Å². The number of rotatable bonds is 4. The summed E-state index contributed by atoms with van der Waals surface area (Å²) in [4.78, 5) is 19.3. The molecule has 1 N–H and O–H groups in total. The summed E-state index contributed by atoms with van der Waals surface area (Å²) in [6.07, 6.45) is 3.08. The maximum absolute atomic E-state index is 13.3. The van der Waals surface area contributed by atoms with Gasteiger partial charge >= 0.3 is 0 Å². The number of piperidine rings is 1. The Morgan fingerprint density at radius 3 is 2.85 bits per heavy atom. The van der Waals surface area contributed by atoms with E-state index >= 15 is 0 Å². The van der Waals surface area contributed by atoms with Crippen LogP contribution in [0, 0.1) is 11.6 Å². The molecular formula is C20H19F2N3OS. The van der Waals surface area contributed by atoms with Crippen molar-refractivity contribution in [2.24, 2.45) is 0 Å². The van der Waals surface area contributed by atoms with E-state index in [1.807, 2.05) is 18.2 Å². The van der Waals surface area contributed by atoms with Gasteiger partial charge < -0.3 is 5.32 Å². The van der Waals surface area contributed by atoms with E-state index in [4.69, 9.17) is 4.98 Å². The van der Waals surface area contributed by atoms with Crippen LogP contribution >= 0.6 is 11.3 Å². The van der Waals surface area contributed by atoms with Gasteiger partial charge in [-0.1, -0.05) is 18.6 Å². The first-order valence-electron chi connectivity index (χ1n) is 8.94. The first kappa shape index (κ1) is 18.0. The van der Waals surface area contributed by atoms with Crippen LogP contribution in [0.2, 0.25) is 0 Å². The van der Waals surface area contributed by atoms with E-state index in [9.17, 15) is 13.6 Å². The SMILES string of the molecule is O=C(CN1CCCC[C@@H]1c1nc2ccccc2s1)Nc1ccc(F)c(F)c1. The normalized spacial score (nSPS) is 17.9. The minimum atomic E-state index is -0.974. The van der Waals surface area contributed by atoms with Gasteiger partial charge in [0.05, 0.1) is 22.8 Å². The molecule has 7 heteroatoms. The zero-order valence-electron chi connectivity index (χ0n) is 14.6. The van der Waals surface area contributed by atoms with E-state index in [0.717, 1.165) is 53.2 Å². The minimum absolute atomic E-state index is 0.104. The van der Waals surface area contributed by atoms with Crippen molar-refractivity contribution in [3.63, 3.8) is 0 Å². The topological polar surface area (TPSA) is 45.2 Å². The molecular weight excluding hydrogens is 368 g/mol. The number of nitrogens with zero attached hydrogens (tertiary/aromatic N) is 2. The average Bonchev–Trinajstić information content (AvgIpc) is 3.09. The minimum Gasteiger partial charge on any atom is -0.325 e. The monoisotopic (exact) mass is 387 g/mol. The molecule has 0 spiro atoms. The second-order valence-corrected chi connectivity index (χ2v) is 7.74. The molecule has 4 rings (SSSR count). The predicted octanol–water partition coefficient (Wildman–Crippen LogP) is 4.74. The molecule has 3 aromatic rings. The third-order valence-corrected chi connectivity index (χ3v) is 5.90. The summed E-state index contributed by atoms with van der Waals surface area (Å²) in [7, 11) is 0. The third kappa shape index (κ3) is 3.99. The molecule has 4 nitrogen and oxygen atoms in total. The summed E-state index contributed by atoms with van der Waals surface area (Å²) >= 11 is 1.67. The Hall–Kier alpha value is -2.38. The Bertz CT molecular complexity index is 942. The number of thiazole rings is 1. The fourth-order valence-corrected chi connectivity index (χ4v) is 4.59. The van der Waals surface area contributed by atoms with Gasteiger partial charge in [0, 0.05) is 11.8 Å². The molecule has 0 radical (unpaired) electrons. The van der Waals surface area contributed by atoms with Crippen LogP contribution in [-0.2, 0) is 4.79 Å². The molecule has 2 heterocycles. The largest absolute Gasteiger partial charge is 0.325 e. The van der Waals surface area contributed by atoms with Gasteiger partial charge in [-0.3, -0.25) is 9.69 Å². The van der Waals surface area contributed by atoms with E-state index in [-0.39, 0.29) is 24.2 Å². The van der Waals surface area contributed by atoms with Crippen LogP contribution in [0.15, 0.2) is 42.5 Å². The van der Waals surface area contributed by atoms with Gasteiger partial charge in [0.2, 0.25) is 5.91 Å². The van der Waals surface area contributed by atoms with Gasteiger partial charge in [-0.15, -0.1) is 11.3 Å². The molecule has 0 aliphatic carbocycles. The smallest absolute Gasteiger partial charge is 0.238 e. The van der Waals surface area contributed by atoms with Crippen molar-refractivity contribution in [2.75, 3.05) is 18.4 Å². The second kappa shape index (κ2) is 7.70. The van der Waals surface area contributed by atoms with Crippen LogP contribution in [0.3, 0.4) is 0 Å². The third-order valence-electron chi connectivity index (χ3n) is 4.76. The number of carbonyl (C=O) groups is 1. The number of fused-ring (bicyclic) bond motifs is 1. The van der Waals surface area contributed by atoms with E-state index in [0.29, 0.717) is 0 Å². The summed E-state index contributed by atoms with van der Waals surface area (Å²) in [6.45, 7) is 1.01. The summed E-state index contributed by atoms with van der Waals surface area (Å²) in [5.41, 5.74) is 1.24. The summed E-state index contributed by atoms with van der Waals surface area (Å²) in [5.74, 6) is -2.15. The Balaban J connectivity index is 1.48. The number of anilines is 1. The average molecular weight is 387 g/mol. The molecule has 0 unspecified atom stereocenters. The Morgan fingerprint density at radius 1 is 1.19 bits per heavy atom. The molecule has 1 amide bonds. The lowest BCUT2D eigenvalue weighted by atomic mass is 10.0. The van der Waals surface area contributed by atoms with Crippen LogP contribution in [0.1, 0.15) is 30.3 Å². The van der Waals surface area contributed by atoms with Crippen molar-refractivity contribution in [2.45, 2.75) is 25.3 Å². The number of para-hydroxylation sites is 1. The molecule has 1 saturated heterocycles. The molecule has 27 heavy (non-hydrogen) atoms. The zero-order valence-corrected chi connectivity index (χ0v) is 15.4. The molecule has 0 saturated carbocycles. The predicted molar refractivity (Wildman–Crippen MR) is 103 cm³/mol. The number of hydrogen-bond donors (Lipinski definition) is 1. The number of amides is 1. The standard InChI is InChI=1S/C20H19F2N3OS/c21-14-9-8-13(11-15(14)22)23-19(26)12-25-10-4-3-6-17(25)20-24-16-5-1-2-7-18(16)27-20/h1-2,5,7-9,11,17H,3-4,6,10,12H2,(H,23,26)/t17-/m1/s1. The lowest BCUT2D eigenvalue weighted by Crippen LogP contribution is -2.39. The van der Waals surface area contributed by atoms with Gasteiger partial charge in [0.15, 0.2) is 11.6 Å². The van der Waals surface area contributed by atoms with Crippen molar-refractivity contribution in [3.05, 3.63) is 59.1 Å². The van der Waals surface area contributed by atoms with Crippen molar-refractivity contribution in [3.8, 4) is 0 Å². The van der Waals surface area contributed by atoms with Crippen molar-refractivity contribution < 1.29 is 13.6 Å². The highest BCUT2D eigenvalue weighted by molar-refractivity contribution is 7.18. The Kier molecular flexibility index (Phi) is 5.13. The number of carbonyl (C=O) groups excluding carboxylic acids is 1. The number of nitrogens with one attached hydrogen (secondary N) is 1. The number of hydrogen-bond acceptors (Lipinski definition) is 4. The van der Waals surface area contributed by atoms with Crippen LogP contribution in [0.5, 0.6) is 0 Å². The number of aromatic nitrogens is 1. The molecule has 1 atom stereocenters. The highest BCUT2D eigenvalue weighted by Gasteiger charge is 2.28. The Morgan fingerprint density at radius 2 is 2.04 bits per heavy atom. The highest BCUT2D eigenvalue weighted by Crippen LogP contribution is 2.35. The Labute approximate surface area is 159 Å². The molecule has 0 bridgehead atoms. The molecule has 1 fully saturated rings. The lowest BCUT2D eigenvalue weighted by molar-refractivity contribution is -0.118. The summed E-state index contributed by atoms with van der Waals surface area (Å²) in [5, 5.41) is 3.68. The van der Waals surface area contributed by atoms with E-state index in [1.165, 1.54) is 6.07 Å². The number of benzene rings is 2. The van der Waals surface area contributed by atoms with E-state index in [2.05, 4.69) is 16.3 Å². The molecule has 1 aromatic heterocycles. The van der Waals surface area contributed by atoms with Crippen LogP contribution in [0.25, 0.3) is 10.2 Å². The molecule has 1 aliphatic heterocycles. The van der Waals surface area contributed by atoms with Crippen molar-refractivity contribution >= 4 is 33.1 Å². The lowest BCUT2D eigenvalue weighted by Gasteiger charge is -2.33. The number of halogens is 2. The van der Waals surface area contributed by atoms with E-state index in [1.54, 1.807) is 11.3 Å². The summed E-state index contributed by atoms with van der Waals surface area (Å²) < 4.78 is 27.5. The maximum Gasteiger partial charge on any atom is 0.238 e. The molecule has 1 aliphatic rings. The zero-order chi connectivity index (χ0) is 18.8. The first-order valence-corrected chi connectivity index (χ1v) is 9.76. The van der Waals surface area contributed by atoms with Crippen molar-refractivity contribution in [1.82, 2.24) is 9.88 Å². The van der Waals surface area contributed by atoms with Gasteiger partial charge in [-0.2, -0.15) is 0 Å². The molecule has 2 aromatic carbocycles. The van der Waals surface area contributed by atoms with Gasteiger partial charge in [-0.25, -0.2) is 13.8 Å². The first-order chi connectivity index (χ1) is 13.1. The molecule has 140 valence electrons. The number of likely N-dealkylation sites (tertiary alicyclic amines) is 1. The van der Waals surface area contributed by atoms with Crippen LogP contribution < -0.4 is 5.32 Å².